The Morgan fingerprint density at radius 1 is 1.28 bits per heavy atom. The van der Waals surface area contributed by atoms with Crippen molar-refractivity contribution in [1.29, 1.82) is 0 Å². The Bertz CT molecular complexity index is 1020. The van der Waals surface area contributed by atoms with Crippen LogP contribution in [0.4, 0.5) is 0 Å². The van der Waals surface area contributed by atoms with Gasteiger partial charge in [-0.15, -0.1) is 0 Å². The van der Waals surface area contributed by atoms with Crippen LogP contribution in [0.3, 0.4) is 0 Å². The lowest BCUT2D eigenvalue weighted by molar-refractivity contribution is -0.143. The topological polar surface area (TPSA) is 75.0 Å². The van der Waals surface area contributed by atoms with Crippen LogP contribution in [0.5, 0.6) is 5.75 Å². The van der Waals surface area contributed by atoms with Crippen molar-refractivity contribution >= 4 is 29.0 Å². The molecule has 1 aromatic heterocycles. The zero-order valence-corrected chi connectivity index (χ0v) is 17.6. The number of carbonyl (C=O) groups is 2. The summed E-state index contributed by atoms with van der Waals surface area (Å²) >= 11 is 0. The van der Waals surface area contributed by atoms with E-state index in [-0.39, 0.29) is 24.5 Å². The fourth-order valence-electron chi connectivity index (χ4n) is 3.74. The predicted octanol–water partition coefficient (Wildman–Crippen LogP) is 4.82. The molecule has 0 radical (unpaired) electrons. The van der Waals surface area contributed by atoms with Gasteiger partial charge in [-0.25, -0.2) is 4.79 Å². The minimum absolute atomic E-state index is 0.102. The molecular formula is C23H26O6. The molecule has 0 spiro atoms. The number of carbonyl (C=O) groups excluding carboxylic acids is 2. The van der Waals surface area contributed by atoms with Crippen LogP contribution in [0.1, 0.15) is 55.9 Å². The first-order valence-corrected chi connectivity index (χ1v) is 9.56. The monoisotopic (exact) mass is 398 g/mol. The first-order chi connectivity index (χ1) is 13.8. The SMILES string of the molecule is CC=C(C)C(=O)O[C@H]1C=Cc2c(c(COC(C)=O)c3c(C)coc3c2OC)[C@H]1C. The molecule has 0 saturated heterocycles. The van der Waals surface area contributed by atoms with E-state index in [9.17, 15) is 9.59 Å². The number of fused-ring (bicyclic) bond motifs is 2. The van der Waals surface area contributed by atoms with Crippen molar-refractivity contribution < 1.29 is 28.2 Å². The largest absolute Gasteiger partial charge is 0.492 e. The first-order valence-electron chi connectivity index (χ1n) is 9.56. The number of allylic oxidation sites excluding steroid dienone is 1. The summed E-state index contributed by atoms with van der Waals surface area (Å²) in [7, 11) is 1.60. The maximum Gasteiger partial charge on any atom is 0.333 e. The first kappa shape index (κ1) is 20.7. The van der Waals surface area contributed by atoms with Crippen LogP contribution in [0.15, 0.2) is 28.4 Å². The van der Waals surface area contributed by atoms with Gasteiger partial charge in [0.25, 0.3) is 0 Å². The quantitative estimate of drug-likeness (QED) is 0.531. The summed E-state index contributed by atoms with van der Waals surface area (Å²) in [6.07, 6.45) is 6.67. The summed E-state index contributed by atoms with van der Waals surface area (Å²) in [5, 5.41) is 0.860. The van der Waals surface area contributed by atoms with Gasteiger partial charge in [0.2, 0.25) is 0 Å². The molecule has 0 bridgehead atoms. The molecule has 0 aliphatic heterocycles. The molecule has 0 amide bonds. The highest BCUT2D eigenvalue weighted by Gasteiger charge is 2.33. The van der Waals surface area contributed by atoms with E-state index < -0.39 is 6.10 Å². The van der Waals surface area contributed by atoms with Gasteiger partial charge in [0.05, 0.1) is 13.4 Å². The second kappa shape index (κ2) is 8.15. The van der Waals surface area contributed by atoms with Crippen LogP contribution in [0, 0.1) is 6.92 Å². The van der Waals surface area contributed by atoms with E-state index in [2.05, 4.69) is 0 Å². The highest BCUT2D eigenvalue weighted by atomic mass is 16.5. The molecule has 1 heterocycles. The maximum atomic E-state index is 12.3. The minimum Gasteiger partial charge on any atom is -0.492 e. The van der Waals surface area contributed by atoms with Crippen LogP contribution in [0.2, 0.25) is 0 Å². The Morgan fingerprint density at radius 2 is 2.00 bits per heavy atom. The minimum atomic E-state index is -0.449. The molecule has 6 heteroatoms. The van der Waals surface area contributed by atoms with Crippen LogP contribution in [-0.2, 0) is 25.7 Å². The van der Waals surface area contributed by atoms with E-state index in [1.165, 1.54) is 6.92 Å². The van der Waals surface area contributed by atoms with Gasteiger partial charge in [-0.1, -0.05) is 19.1 Å². The number of hydrogen-bond donors (Lipinski definition) is 0. The van der Waals surface area contributed by atoms with E-state index in [4.69, 9.17) is 18.6 Å². The number of esters is 2. The van der Waals surface area contributed by atoms with Crippen molar-refractivity contribution in [3.8, 4) is 5.75 Å². The lowest BCUT2D eigenvalue weighted by Gasteiger charge is -2.30. The van der Waals surface area contributed by atoms with Crippen molar-refractivity contribution in [2.45, 2.75) is 53.2 Å². The van der Waals surface area contributed by atoms with Crippen molar-refractivity contribution in [2.75, 3.05) is 7.11 Å². The Balaban J connectivity index is 2.18. The molecule has 0 N–H and O–H groups in total. The molecular weight excluding hydrogens is 372 g/mol. The number of methoxy groups -OCH3 is 1. The van der Waals surface area contributed by atoms with Crippen molar-refractivity contribution in [2.24, 2.45) is 0 Å². The number of hydrogen-bond acceptors (Lipinski definition) is 6. The van der Waals surface area contributed by atoms with Gasteiger partial charge < -0.3 is 18.6 Å². The van der Waals surface area contributed by atoms with Crippen LogP contribution in [0.25, 0.3) is 17.0 Å². The molecule has 2 aromatic rings. The molecule has 154 valence electrons. The van der Waals surface area contributed by atoms with Gasteiger partial charge in [-0.3, -0.25) is 4.79 Å². The highest BCUT2D eigenvalue weighted by molar-refractivity contribution is 5.95. The highest BCUT2D eigenvalue weighted by Crippen LogP contribution is 2.46. The summed E-state index contributed by atoms with van der Waals surface area (Å²) < 4.78 is 22.5. The summed E-state index contributed by atoms with van der Waals surface area (Å²) in [4.78, 5) is 23.8. The molecule has 2 atom stereocenters. The van der Waals surface area contributed by atoms with Crippen molar-refractivity contribution in [1.82, 2.24) is 0 Å². The van der Waals surface area contributed by atoms with E-state index >= 15 is 0 Å². The van der Waals surface area contributed by atoms with Crippen molar-refractivity contribution in [3.63, 3.8) is 0 Å². The van der Waals surface area contributed by atoms with E-state index in [0.29, 0.717) is 16.9 Å². The van der Waals surface area contributed by atoms with Crippen LogP contribution < -0.4 is 4.74 Å². The maximum absolute atomic E-state index is 12.3. The molecule has 1 aromatic carbocycles. The van der Waals surface area contributed by atoms with Gasteiger partial charge in [0.15, 0.2) is 11.3 Å². The molecule has 29 heavy (non-hydrogen) atoms. The van der Waals surface area contributed by atoms with Gasteiger partial charge in [-0.2, -0.15) is 0 Å². The zero-order chi connectivity index (χ0) is 21.3. The lowest BCUT2D eigenvalue weighted by Crippen LogP contribution is -2.26. The Labute approximate surface area is 170 Å². The van der Waals surface area contributed by atoms with Gasteiger partial charge in [0.1, 0.15) is 12.7 Å². The summed E-state index contributed by atoms with van der Waals surface area (Å²) in [6, 6.07) is 0. The van der Waals surface area contributed by atoms with Crippen molar-refractivity contribution in [3.05, 3.63) is 46.2 Å². The number of rotatable bonds is 5. The number of aryl methyl sites for hydroxylation is 1. The predicted molar refractivity (Wildman–Crippen MR) is 110 cm³/mol. The van der Waals surface area contributed by atoms with E-state index in [1.54, 1.807) is 33.3 Å². The number of benzene rings is 1. The number of ether oxygens (including phenoxy) is 3. The molecule has 1 aliphatic rings. The Kier molecular flexibility index (Phi) is 5.82. The third kappa shape index (κ3) is 3.67. The summed E-state index contributed by atoms with van der Waals surface area (Å²) in [5.74, 6) is -0.268. The van der Waals surface area contributed by atoms with Gasteiger partial charge >= 0.3 is 11.9 Å². The van der Waals surface area contributed by atoms with Crippen LogP contribution in [-0.4, -0.2) is 25.2 Å². The second-order valence-electron chi connectivity index (χ2n) is 7.23. The van der Waals surface area contributed by atoms with E-state index in [1.807, 2.05) is 26.0 Å². The van der Waals surface area contributed by atoms with Crippen LogP contribution >= 0.6 is 0 Å². The van der Waals surface area contributed by atoms with Gasteiger partial charge in [-0.05, 0) is 38.0 Å². The zero-order valence-electron chi connectivity index (χ0n) is 17.6. The average Bonchev–Trinajstić information content (AvgIpc) is 3.08. The fraction of sp³-hybridized carbons (Fsp3) is 0.391. The Morgan fingerprint density at radius 3 is 2.62 bits per heavy atom. The molecule has 0 fully saturated rings. The van der Waals surface area contributed by atoms with E-state index in [0.717, 1.165) is 27.6 Å². The fourth-order valence-corrected chi connectivity index (χ4v) is 3.74. The molecule has 0 saturated carbocycles. The van der Waals surface area contributed by atoms with Gasteiger partial charge in [0, 0.05) is 34.9 Å². The average molecular weight is 398 g/mol. The molecule has 3 rings (SSSR count). The normalized spacial score (nSPS) is 18.5. The number of furan rings is 1. The second-order valence-corrected chi connectivity index (χ2v) is 7.23. The smallest absolute Gasteiger partial charge is 0.333 e. The molecule has 0 unspecified atom stereocenters. The summed E-state index contributed by atoms with van der Waals surface area (Å²) in [5.41, 5.74) is 4.71. The third-order valence-corrected chi connectivity index (χ3v) is 5.37. The molecule has 1 aliphatic carbocycles. The lowest BCUT2D eigenvalue weighted by atomic mass is 9.81. The molecule has 6 nitrogen and oxygen atoms in total. The third-order valence-electron chi connectivity index (χ3n) is 5.37. The summed E-state index contributed by atoms with van der Waals surface area (Å²) in [6.45, 7) is 8.93. The Hall–Kier alpha value is -3.02. The standard InChI is InChI=1S/C23H26O6/c1-7-12(2)23(25)29-18-9-8-16-20(14(18)4)17(11-27-15(5)24)19-13(3)10-28-22(19)21(16)26-6/h7-10,14,18H,11H2,1-6H3/t14-,18-/m0/s1.